The zero-order valence-corrected chi connectivity index (χ0v) is 20.8. The lowest BCUT2D eigenvalue weighted by Gasteiger charge is -2.29. The third kappa shape index (κ3) is 4.55. The van der Waals surface area contributed by atoms with Crippen LogP contribution in [0.3, 0.4) is 0 Å². The Hall–Kier alpha value is -2.88. The van der Waals surface area contributed by atoms with Gasteiger partial charge >= 0.3 is 0 Å². The smallest absolute Gasteiger partial charge is 0.243 e. The van der Waals surface area contributed by atoms with Gasteiger partial charge in [0.25, 0.3) is 0 Å². The van der Waals surface area contributed by atoms with E-state index in [4.69, 9.17) is 4.52 Å². The molecule has 0 saturated carbocycles. The van der Waals surface area contributed by atoms with Gasteiger partial charge in [0.2, 0.25) is 21.7 Å². The van der Waals surface area contributed by atoms with Crippen LogP contribution in [-0.2, 0) is 16.4 Å². The minimum absolute atomic E-state index is 0.0413. The van der Waals surface area contributed by atoms with Gasteiger partial charge in [-0.15, -0.1) is 11.3 Å². The summed E-state index contributed by atoms with van der Waals surface area (Å²) in [6.07, 6.45) is 2.21. The molecule has 4 aromatic rings. The van der Waals surface area contributed by atoms with Crippen molar-refractivity contribution in [3.63, 3.8) is 0 Å². The van der Waals surface area contributed by atoms with Crippen LogP contribution in [0.5, 0.6) is 0 Å². The molecule has 2 aromatic carbocycles. The minimum atomic E-state index is -3.49. The molecule has 3 heterocycles. The number of aromatic nitrogens is 3. The molecule has 0 atom stereocenters. The Bertz CT molecular complexity index is 1390. The van der Waals surface area contributed by atoms with Gasteiger partial charge in [0.05, 0.1) is 15.6 Å². The molecule has 1 fully saturated rings. The highest BCUT2D eigenvalue weighted by Gasteiger charge is 2.32. The molecule has 0 spiro atoms. The number of rotatable bonds is 6. The molecule has 9 heteroatoms. The maximum atomic E-state index is 13.0. The Kier molecular flexibility index (Phi) is 6.33. The molecule has 0 amide bonds. The first kappa shape index (κ1) is 22.9. The van der Waals surface area contributed by atoms with Crippen molar-refractivity contribution in [2.75, 3.05) is 13.1 Å². The molecular formula is C25H26N4O3S2. The van der Waals surface area contributed by atoms with Crippen molar-refractivity contribution in [3.05, 3.63) is 70.4 Å². The molecule has 1 saturated heterocycles. The Labute approximate surface area is 203 Å². The third-order valence-electron chi connectivity index (χ3n) is 6.17. The van der Waals surface area contributed by atoms with Gasteiger partial charge in [-0.1, -0.05) is 48.0 Å². The fourth-order valence-electron chi connectivity index (χ4n) is 4.14. The Morgan fingerprint density at radius 1 is 1.06 bits per heavy atom. The van der Waals surface area contributed by atoms with Crippen LogP contribution >= 0.6 is 11.3 Å². The zero-order valence-electron chi connectivity index (χ0n) is 19.1. The van der Waals surface area contributed by atoms with Crippen molar-refractivity contribution in [1.29, 1.82) is 0 Å². The summed E-state index contributed by atoms with van der Waals surface area (Å²) in [5.74, 6) is 1.15. The average Bonchev–Trinajstić information content (AvgIpc) is 3.55. The highest BCUT2D eigenvalue weighted by molar-refractivity contribution is 7.89. The van der Waals surface area contributed by atoms with Gasteiger partial charge in [0, 0.05) is 35.5 Å². The summed E-state index contributed by atoms with van der Waals surface area (Å²) >= 11 is 1.66. The van der Waals surface area contributed by atoms with Crippen LogP contribution in [0.25, 0.3) is 22.6 Å². The monoisotopic (exact) mass is 494 g/mol. The molecule has 7 nitrogen and oxygen atoms in total. The van der Waals surface area contributed by atoms with Crippen LogP contribution < -0.4 is 0 Å². The van der Waals surface area contributed by atoms with E-state index >= 15 is 0 Å². The van der Waals surface area contributed by atoms with Gasteiger partial charge < -0.3 is 4.52 Å². The second-order valence-corrected chi connectivity index (χ2v) is 11.4. The molecule has 0 N–H and O–H groups in total. The number of hydrogen-bond donors (Lipinski definition) is 0. The Morgan fingerprint density at radius 3 is 2.50 bits per heavy atom. The summed E-state index contributed by atoms with van der Waals surface area (Å²) < 4.78 is 33.1. The molecule has 0 unspecified atom stereocenters. The first-order valence-electron chi connectivity index (χ1n) is 11.4. The molecule has 1 aliphatic rings. The lowest BCUT2D eigenvalue weighted by molar-refractivity contribution is 0.271. The number of sulfonamides is 1. The van der Waals surface area contributed by atoms with E-state index in [1.165, 1.54) is 0 Å². The topological polar surface area (TPSA) is 89.2 Å². The second-order valence-electron chi connectivity index (χ2n) is 8.51. The van der Waals surface area contributed by atoms with Crippen molar-refractivity contribution < 1.29 is 12.9 Å². The van der Waals surface area contributed by atoms with Crippen LogP contribution in [0.15, 0.2) is 63.3 Å². The van der Waals surface area contributed by atoms with Gasteiger partial charge in [-0.3, -0.25) is 0 Å². The lowest BCUT2D eigenvalue weighted by atomic mass is 9.98. The standard InChI is InChI=1S/C25H26N4O3S2/c1-3-23-26-22(16-33-23)19-5-4-6-20(15-19)24-27-25(32-28-24)18-11-13-29(14-12-18)34(30,31)21-9-7-17(2)8-10-21/h4-10,15-16,18H,3,11-14H2,1-2H3. The van der Waals surface area contributed by atoms with E-state index in [1.807, 2.05) is 43.3 Å². The van der Waals surface area contributed by atoms with Crippen molar-refractivity contribution in [1.82, 2.24) is 19.4 Å². The van der Waals surface area contributed by atoms with Gasteiger partial charge in [0.1, 0.15) is 0 Å². The molecule has 0 radical (unpaired) electrons. The van der Waals surface area contributed by atoms with Gasteiger partial charge in [0.15, 0.2) is 0 Å². The number of piperidine rings is 1. The fourth-order valence-corrected chi connectivity index (χ4v) is 6.37. The van der Waals surface area contributed by atoms with Crippen molar-refractivity contribution in [3.8, 4) is 22.6 Å². The number of hydrogen-bond acceptors (Lipinski definition) is 7. The SMILES string of the molecule is CCc1nc(-c2cccc(-c3noc(C4CCN(S(=O)(=O)c5ccc(C)cc5)CC4)n3)c2)cs1. The summed E-state index contributed by atoms with van der Waals surface area (Å²) in [6, 6.07) is 15.0. The van der Waals surface area contributed by atoms with Crippen molar-refractivity contribution >= 4 is 21.4 Å². The fraction of sp³-hybridized carbons (Fsp3) is 0.320. The van der Waals surface area contributed by atoms with E-state index in [1.54, 1.807) is 27.8 Å². The maximum Gasteiger partial charge on any atom is 0.243 e. The van der Waals surface area contributed by atoms with Crippen molar-refractivity contribution in [2.45, 2.75) is 43.9 Å². The average molecular weight is 495 g/mol. The Balaban J connectivity index is 1.28. The highest BCUT2D eigenvalue weighted by Crippen LogP contribution is 2.32. The summed E-state index contributed by atoms with van der Waals surface area (Å²) in [5, 5.41) is 7.38. The van der Waals surface area contributed by atoms with E-state index in [2.05, 4.69) is 27.4 Å². The molecule has 176 valence electrons. The van der Waals surface area contributed by atoms with Gasteiger partial charge in [-0.05, 0) is 44.4 Å². The number of aryl methyl sites for hydroxylation is 2. The maximum absolute atomic E-state index is 13.0. The summed E-state index contributed by atoms with van der Waals surface area (Å²) in [5.41, 5.74) is 3.88. The second kappa shape index (κ2) is 9.40. The summed E-state index contributed by atoms with van der Waals surface area (Å²) in [6.45, 7) is 4.90. The van der Waals surface area contributed by atoms with E-state index in [0.717, 1.165) is 33.8 Å². The first-order valence-corrected chi connectivity index (χ1v) is 13.7. The van der Waals surface area contributed by atoms with Gasteiger partial charge in [-0.25, -0.2) is 13.4 Å². The Morgan fingerprint density at radius 2 is 1.79 bits per heavy atom. The zero-order chi connectivity index (χ0) is 23.7. The molecule has 34 heavy (non-hydrogen) atoms. The van der Waals surface area contributed by atoms with Crippen LogP contribution in [0, 0.1) is 6.92 Å². The minimum Gasteiger partial charge on any atom is -0.339 e. The molecule has 1 aliphatic heterocycles. The third-order valence-corrected chi connectivity index (χ3v) is 9.08. The van der Waals surface area contributed by atoms with E-state index in [9.17, 15) is 8.42 Å². The predicted molar refractivity (Wildman–Crippen MR) is 132 cm³/mol. The summed E-state index contributed by atoms with van der Waals surface area (Å²) in [4.78, 5) is 9.65. The van der Waals surface area contributed by atoms with Crippen molar-refractivity contribution in [2.24, 2.45) is 0 Å². The molecular weight excluding hydrogens is 468 g/mol. The lowest BCUT2D eigenvalue weighted by Crippen LogP contribution is -2.37. The highest BCUT2D eigenvalue weighted by atomic mass is 32.2. The molecule has 0 bridgehead atoms. The van der Waals surface area contributed by atoms with E-state index in [0.29, 0.717) is 42.5 Å². The van der Waals surface area contributed by atoms with Crippen LogP contribution in [0.4, 0.5) is 0 Å². The first-order chi connectivity index (χ1) is 16.4. The van der Waals surface area contributed by atoms with Crippen LogP contribution in [0.1, 0.15) is 42.1 Å². The van der Waals surface area contributed by atoms with Gasteiger partial charge in [-0.2, -0.15) is 9.29 Å². The van der Waals surface area contributed by atoms with Crippen LogP contribution in [-0.4, -0.2) is 40.9 Å². The number of nitrogens with zero attached hydrogens (tertiary/aromatic N) is 4. The van der Waals surface area contributed by atoms with E-state index in [-0.39, 0.29) is 5.92 Å². The quantitative estimate of drug-likeness (QED) is 0.361. The largest absolute Gasteiger partial charge is 0.339 e. The molecule has 5 rings (SSSR count). The predicted octanol–water partition coefficient (Wildman–Crippen LogP) is 5.30. The number of benzene rings is 2. The normalized spacial score (nSPS) is 15.6. The summed E-state index contributed by atoms with van der Waals surface area (Å²) in [7, 11) is -3.49. The molecule has 0 aliphatic carbocycles. The van der Waals surface area contributed by atoms with Crippen LogP contribution in [0.2, 0.25) is 0 Å². The van der Waals surface area contributed by atoms with E-state index < -0.39 is 10.0 Å². The number of thiazole rings is 1. The molecule has 2 aromatic heterocycles.